The Balaban J connectivity index is 2.89. The summed E-state index contributed by atoms with van der Waals surface area (Å²) < 4.78 is 9.52. The highest BCUT2D eigenvalue weighted by Crippen LogP contribution is 2.13. The number of methoxy groups -OCH3 is 1. The average molecular weight is 234 g/mol. The van der Waals surface area contributed by atoms with Crippen LogP contribution >= 0.6 is 0 Å². The summed E-state index contributed by atoms with van der Waals surface area (Å²) in [5.74, 6) is 5.19. The van der Waals surface area contributed by atoms with Gasteiger partial charge in [-0.3, -0.25) is 4.79 Å². The first-order valence-electron chi connectivity index (χ1n) is 5.39. The second-order valence-electron chi connectivity index (χ2n) is 3.40. The first-order valence-corrected chi connectivity index (χ1v) is 5.39. The molecule has 1 aromatic heterocycles. The minimum Gasteiger partial charge on any atom is -0.463 e. The van der Waals surface area contributed by atoms with Gasteiger partial charge in [0.25, 0.3) is 0 Å². The number of furan rings is 1. The van der Waals surface area contributed by atoms with Crippen LogP contribution in [0.2, 0.25) is 0 Å². The van der Waals surface area contributed by atoms with Gasteiger partial charge in [0.1, 0.15) is 0 Å². The molecule has 90 valence electrons. The first-order chi connectivity index (χ1) is 8.22. The molecule has 0 aliphatic rings. The molecule has 0 aliphatic carbocycles. The molecule has 1 heterocycles. The van der Waals surface area contributed by atoms with Gasteiger partial charge in [0.2, 0.25) is 5.76 Å². The molecule has 4 heteroatoms. The summed E-state index contributed by atoms with van der Waals surface area (Å²) in [6.45, 7) is 2.08. The maximum absolute atomic E-state index is 11.2. The third kappa shape index (κ3) is 3.49. The van der Waals surface area contributed by atoms with Crippen LogP contribution < -0.4 is 0 Å². The fourth-order valence-corrected chi connectivity index (χ4v) is 1.21. The van der Waals surface area contributed by atoms with E-state index in [1.165, 1.54) is 13.2 Å². The molecule has 0 spiro atoms. The van der Waals surface area contributed by atoms with Gasteiger partial charge in [-0.15, -0.1) is 0 Å². The number of ether oxygens (including phenoxy) is 1. The van der Waals surface area contributed by atoms with Gasteiger partial charge in [0.05, 0.1) is 12.7 Å². The molecule has 0 fully saturated rings. The Kier molecular flexibility index (Phi) is 5.02. The monoisotopic (exact) mass is 234 g/mol. The number of unbranched alkanes of at least 4 members (excludes halogenated alkanes) is 2. The van der Waals surface area contributed by atoms with Gasteiger partial charge in [-0.05, 0) is 6.42 Å². The molecule has 1 aromatic rings. The second-order valence-corrected chi connectivity index (χ2v) is 3.40. The van der Waals surface area contributed by atoms with Crippen LogP contribution in [-0.2, 0) is 4.74 Å². The number of carbonyl (C=O) groups is 2. The van der Waals surface area contributed by atoms with E-state index in [9.17, 15) is 9.59 Å². The van der Waals surface area contributed by atoms with E-state index in [4.69, 9.17) is 4.42 Å². The van der Waals surface area contributed by atoms with Gasteiger partial charge in [-0.25, -0.2) is 4.79 Å². The molecule has 1 rings (SSSR count). The van der Waals surface area contributed by atoms with Crippen LogP contribution in [0, 0.1) is 11.8 Å². The Bertz CT molecular complexity index is 459. The van der Waals surface area contributed by atoms with Crippen molar-refractivity contribution in [3.8, 4) is 11.8 Å². The maximum Gasteiger partial charge on any atom is 0.374 e. The molecule has 0 bridgehead atoms. The number of carbonyl (C=O) groups excluding carboxylic acids is 2. The molecule has 0 N–H and O–H groups in total. The third-order valence-corrected chi connectivity index (χ3v) is 2.13. The van der Waals surface area contributed by atoms with Crippen LogP contribution in [0.4, 0.5) is 0 Å². The summed E-state index contributed by atoms with van der Waals surface area (Å²) >= 11 is 0. The van der Waals surface area contributed by atoms with Gasteiger partial charge in [-0.2, -0.15) is 0 Å². The number of esters is 1. The quantitative estimate of drug-likeness (QED) is 0.347. The largest absolute Gasteiger partial charge is 0.463 e. The number of hydrogen-bond acceptors (Lipinski definition) is 4. The van der Waals surface area contributed by atoms with Gasteiger partial charge in [0, 0.05) is 12.5 Å². The first kappa shape index (κ1) is 13.0. The van der Waals surface area contributed by atoms with Crippen molar-refractivity contribution in [1.82, 2.24) is 0 Å². The van der Waals surface area contributed by atoms with Gasteiger partial charge >= 0.3 is 5.97 Å². The summed E-state index contributed by atoms with van der Waals surface area (Å²) in [6.07, 6.45) is 3.36. The van der Waals surface area contributed by atoms with E-state index in [1.807, 2.05) is 0 Å². The summed E-state index contributed by atoms with van der Waals surface area (Å²) in [5, 5.41) is 0. The lowest BCUT2D eigenvalue weighted by Crippen LogP contribution is -1.98. The van der Waals surface area contributed by atoms with Crippen molar-refractivity contribution >= 4 is 12.3 Å². The summed E-state index contributed by atoms with van der Waals surface area (Å²) in [6, 6.07) is 1.43. The van der Waals surface area contributed by atoms with Crippen molar-refractivity contribution in [3.63, 3.8) is 0 Å². The van der Waals surface area contributed by atoms with Crippen molar-refractivity contribution in [2.45, 2.75) is 26.2 Å². The number of rotatable bonds is 4. The highest BCUT2D eigenvalue weighted by Gasteiger charge is 2.15. The normalized spacial score (nSPS) is 9.29. The summed E-state index contributed by atoms with van der Waals surface area (Å²) in [7, 11) is 1.25. The van der Waals surface area contributed by atoms with Gasteiger partial charge in [-0.1, -0.05) is 25.2 Å². The number of aldehydes is 1. The molecule has 4 nitrogen and oxygen atoms in total. The second kappa shape index (κ2) is 6.54. The lowest BCUT2D eigenvalue weighted by Gasteiger charge is -1.90. The highest BCUT2D eigenvalue weighted by atomic mass is 16.5. The molecular formula is C13H14O4. The zero-order chi connectivity index (χ0) is 12.7. The van der Waals surface area contributed by atoms with E-state index >= 15 is 0 Å². The predicted octanol–water partition coefficient (Wildman–Crippen LogP) is 2.42. The van der Waals surface area contributed by atoms with E-state index in [-0.39, 0.29) is 11.5 Å². The molecule has 0 unspecified atom stereocenters. The van der Waals surface area contributed by atoms with Crippen molar-refractivity contribution in [1.29, 1.82) is 0 Å². The van der Waals surface area contributed by atoms with E-state index in [1.54, 1.807) is 0 Å². The minimum absolute atomic E-state index is 0.00519. The Morgan fingerprint density at radius 3 is 2.94 bits per heavy atom. The third-order valence-electron chi connectivity index (χ3n) is 2.13. The van der Waals surface area contributed by atoms with Crippen molar-refractivity contribution < 1.29 is 18.7 Å². The van der Waals surface area contributed by atoms with Crippen LogP contribution in [0.3, 0.4) is 0 Å². The van der Waals surface area contributed by atoms with Crippen LogP contribution in [0.1, 0.15) is 52.9 Å². The molecule has 0 saturated heterocycles. The van der Waals surface area contributed by atoms with Crippen LogP contribution in [0.5, 0.6) is 0 Å². The Morgan fingerprint density at radius 2 is 2.35 bits per heavy atom. The predicted molar refractivity (Wildman–Crippen MR) is 61.8 cm³/mol. The molecule has 0 saturated carbocycles. The van der Waals surface area contributed by atoms with Crippen molar-refractivity contribution in [2.75, 3.05) is 7.11 Å². The fraction of sp³-hybridized carbons (Fsp3) is 0.385. The maximum atomic E-state index is 11.2. The minimum atomic E-state index is -0.616. The van der Waals surface area contributed by atoms with Crippen LogP contribution in [0.25, 0.3) is 0 Å². The molecule has 0 radical (unpaired) electrons. The molecule has 0 aliphatic heterocycles. The standard InChI is InChI=1S/C13H14O4/c1-3-4-5-6-7-10-8-11(13(15)16-2)17-12(10)9-14/h8-9H,3-5H2,1-2H3. The lowest BCUT2D eigenvalue weighted by atomic mass is 10.2. The van der Waals surface area contributed by atoms with Gasteiger partial charge < -0.3 is 9.15 Å². The van der Waals surface area contributed by atoms with Crippen LogP contribution in [-0.4, -0.2) is 19.4 Å². The number of hydrogen-bond donors (Lipinski definition) is 0. The Morgan fingerprint density at radius 1 is 1.59 bits per heavy atom. The molecule has 0 amide bonds. The molecular weight excluding hydrogens is 220 g/mol. The van der Waals surface area contributed by atoms with Crippen molar-refractivity contribution in [3.05, 3.63) is 23.2 Å². The van der Waals surface area contributed by atoms with E-state index in [0.717, 1.165) is 19.3 Å². The highest BCUT2D eigenvalue weighted by molar-refractivity contribution is 5.89. The summed E-state index contributed by atoms with van der Waals surface area (Å²) in [4.78, 5) is 21.9. The van der Waals surface area contributed by atoms with E-state index in [0.29, 0.717) is 11.8 Å². The summed E-state index contributed by atoms with van der Waals surface area (Å²) in [5.41, 5.74) is 0.427. The van der Waals surface area contributed by atoms with E-state index < -0.39 is 5.97 Å². The smallest absolute Gasteiger partial charge is 0.374 e. The molecule has 0 atom stereocenters. The average Bonchev–Trinajstić information content (AvgIpc) is 2.77. The zero-order valence-corrected chi connectivity index (χ0v) is 9.91. The topological polar surface area (TPSA) is 56.5 Å². The Labute approximate surface area is 99.9 Å². The van der Waals surface area contributed by atoms with Crippen LogP contribution in [0.15, 0.2) is 10.5 Å². The van der Waals surface area contributed by atoms with E-state index in [2.05, 4.69) is 23.5 Å². The lowest BCUT2D eigenvalue weighted by molar-refractivity contribution is 0.0564. The van der Waals surface area contributed by atoms with Gasteiger partial charge in [0.15, 0.2) is 12.0 Å². The molecule has 17 heavy (non-hydrogen) atoms. The Hall–Kier alpha value is -2.02. The zero-order valence-electron chi connectivity index (χ0n) is 9.91. The fourth-order valence-electron chi connectivity index (χ4n) is 1.21. The molecule has 0 aromatic carbocycles. The SMILES string of the molecule is CCCCC#Cc1cc(C(=O)OC)oc1C=O. The van der Waals surface area contributed by atoms with Crippen molar-refractivity contribution in [2.24, 2.45) is 0 Å².